The van der Waals surface area contributed by atoms with Crippen LogP contribution in [-0.4, -0.2) is 34.6 Å². The average molecular weight is 500 g/mol. The molecule has 2 amide bonds. The first-order chi connectivity index (χ1) is 12.8. The summed E-state index contributed by atoms with van der Waals surface area (Å²) in [4.78, 5) is 33.9. The van der Waals surface area contributed by atoms with Crippen molar-refractivity contribution >= 4 is 55.6 Å². The molecule has 0 fully saturated rings. The second-order valence-corrected chi connectivity index (χ2v) is 6.79. The standard InChI is InChI=1S/C16H12Br2N4O5/c17-12-4-2-1-3-11(12)16(25)19-8-14(23)21-20-7-9-5-10(22(26)27)6-13(18)15(9)24/h1-7,24H,8H2,(H,19,25)(H,21,23). The molecule has 27 heavy (non-hydrogen) atoms. The second kappa shape index (κ2) is 9.24. The van der Waals surface area contributed by atoms with Crippen molar-refractivity contribution in [2.24, 2.45) is 5.10 Å². The molecule has 0 unspecified atom stereocenters. The normalized spacial score (nSPS) is 10.6. The van der Waals surface area contributed by atoms with Crippen LogP contribution in [0.1, 0.15) is 15.9 Å². The number of carbonyl (C=O) groups excluding carboxylic acids is 2. The SMILES string of the molecule is O=C(CNC(=O)c1ccccc1Br)NN=Cc1cc([N+](=O)[O-])cc(Br)c1O. The number of aromatic hydroxyl groups is 1. The number of nitrogens with zero attached hydrogens (tertiary/aromatic N) is 2. The van der Waals surface area contributed by atoms with Crippen LogP contribution in [0.3, 0.4) is 0 Å². The van der Waals surface area contributed by atoms with Crippen LogP contribution in [0.15, 0.2) is 50.4 Å². The minimum absolute atomic E-state index is 0.0358. The molecule has 140 valence electrons. The quantitative estimate of drug-likeness (QED) is 0.319. The van der Waals surface area contributed by atoms with E-state index in [2.05, 4.69) is 47.7 Å². The molecule has 0 spiro atoms. The van der Waals surface area contributed by atoms with Crippen molar-refractivity contribution in [3.05, 3.63) is 66.6 Å². The third-order valence-electron chi connectivity index (χ3n) is 3.21. The number of nitrogens with one attached hydrogen (secondary N) is 2. The van der Waals surface area contributed by atoms with Crippen molar-refractivity contribution < 1.29 is 19.6 Å². The van der Waals surface area contributed by atoms with E-state index < -0.39 is 16.7 Å². The van der Waals surface area contributed by atoms with Gasteiger partial charge < -0.3 is 10.4 Å². The number of non-ortho nitro benzene ring substituents is 1. The third kappa shape index (κ3) is 5.59. The molecule has 0 saturated heterocycles. The Morgan fingerprint density at radius 1 is 1.22 bits per heavy atom. The zero-order valence-electron chi connectivity index (χ0n) is 13.5. The predicted octanol–water partition coefficient (Wildman–Crippen LogP) is 2.71. The lowest BCUT2D eigenvalue weighted by molar-refractivity contribution is -0.385. The topological polar surface area (TPSA) is 134 Å². The summed E-state index contributed by atoms with van der Waals surface area (Å²) < 4.78 is 0.706. The highest BCUT2D eigenvalue weighted by atomic mass is 79.9. The van der Waals surface area contributed by atoms with Gasteiger partial charge in [0.25, 0.3) is 17.5 Å². The van der Waals surface area contributed by atoms with E-state index in [-0.39, 0.29) is 28.0 Å². The molecule has 0 aliphatic heterocycles. The molecule has 2 aromatic carbocycles. The van der Waals surface area contributed by atoms with Gasteiger partial charge in [0, 0.05) is 22.2 Å². The second-order valence-electron chi connectivity index (χ2n) is 5.08. The first-order valence-electron chi connectivity index (χ1n) is 7.31. The molecule has 0 atom stereocenters. The molecule has 9 nitrogen and oxygen atoms in total. The summed E-state index contributed by atoms with van der Waals surface area (Å²) in [5.41, 5.74) is 2.31. The van der Waals surface area contributed by atoms with Crippen molar-refractivity contribution in [3.63, 3.8) is 0 Å². The van der Waals surface area contributed by atoms with E-state index in [9.17, 15) is 24.8 Å². The first-order valence-corrected chi connectivity index (χ1v) is 8.89. The van der Waals surface area contributed by atoms with E-state index in [0.29, 0.717) is 10.0 Å². The van der Waals surface area contributed by atoms with Crippen LogP contribution in [0.5, 0.6) is 5.75 Å². The van der Waals surface area contributed by atoms with Gasteiger partial charge in [-0.1, -0.05) is 12.1 Å². The van der Waals surface area contributed by atoms with Gasteiger partial charge in [-0.05, 0) is 44.0 Å². The first kappa shape index (κ1) is 20.5. The molecule has 0 aliphatic rings. The Balaban J connectivity index is 1.95. The Kier molecular flexibility index (Phi) is 7.02. The number of hydrazone groups is 1. The molecule has 0 aliphatic carbocycles. The van der Waals surface area contributed by atoms with Gasteiger partial charge >= 0.3 is 0 Å². The van der Waals surface area contributed by atoms with Crippen LogP contribution in [0, 0.1) is 10.1 Å². The predicted molar refractivity (Wildman–Crippen MR) is 105 cm³/mol. The zero-order chi connectivity index (χ0) is 20.0. The van der Waals surface area contributed by atoms with Gasteiger partial charge in [-0.3, -0.25) is 19.7 Å². The van der Waals surface area contributed by atoms with Gasteiger partial charge in [0.2, 0.25) is 0 Å². The Bertz CT molecular complexity index is 933. The highest BCUT2D eigenvalue weighted by Gasteiger charge is 2.14. The Morgan fingerprint density at radius 2 is 1.93 bits per heavy atom. The van der Waals surface area contributed by atoms with Gasteiger partial charge in [0.15, 0.2) is 0 Å². The maximum atomic E-state index is 12.0. The molecule has 0 saturated carbocycles. The lowest BCUT2D eigenvalue weighted by Gasteiger charge is -2.06. The van der Waals surface area contributed by atoms with Crippen molar-refractivity contribution in [2.45, 2.75) is 0 Å². The number of carbonyl (C=O) groups is 2. The molecule has 2 rings (SSSR count). The summed E-state index contributed by atoms with van der Waals surface area (Å²) in [6, 6.07) is 8.98. The number of phenols is 1. The number of amides is 2. The Labute approximate surface area is 169 Å². The van der Waals surface area contributed by atoms with Crippen LogP contribution in [0.4, 0.5) is 5.69 Å². The molecule has 0 heterocycles. The van der Waals surface area contributed by atoms with Crippen molar-refractivity contribution in [3.8, 4) is 5.75 Å². The van der Waals surface area contributed by atoms with Crippen molar-refractivity contribution in [1.82, 2.24) is 10.7 Å². The molecule has 0 aromatic heterocycles. The zero-order valence-corrected chi connectivity index (χ0v) is 16.7. The van der Waals surface area contributed by atoms with Crippen LogP contribution >= 0.6 is 31.9 Å². The lowest BCUT2D eigenvalue weighted by atomic mass is 10.2. The van der Waals surface area contributed by atoms with Crippen LogP contribution < -0.4 is 10.7 Å². The summed E-state index contributed by atoms with van der Waals surface area (Å²) in [6.45, 7) is -0.331. The molecule has 0 radical (unpaired) electrons. The summed E-state index contributed by atoms with van der Waals surface area (Å²) in [6.07, 6.45) is 1.06. The number of phenolic OH excluding ortho intramolecular Hbond substituents is 1. The van der Waals surface area contributed by atoms with Gasteiger partial charge in [0.1, 0.15) is 5.75 Å². The maximum absolute atomic E-state index is 12.0. The summed E-state index contributed by atoms with van der Waals surface area (Å²) >= 11 is 6.24. The van der Waals surface area contributed by atoms with E-state index in [1.807, 2.05) is 0 Å². The number of hydrogen-bond donors (Lipinski definition) is 3. The number of benzene rings is 2. The summed E-state index contributed by atoms with van der Waals surface area (Å²) in [7, 11) is 0. The minimum Gasteiger partial charge on any atom is -0.506 e. The maximum Gasteiger partial charge on any atom is 0.271 e. The monoisotopic (exact) mass is 498 g/mol. The molecule has 2 aromatic rings. The Hall–Kier alpha value is -2.79. The van der Waals surface area contributed by atoms with Gasteiger partial charge in [0.05, 0.1) is 27.7 Å². The molecule has 0 bridgehead atoms. The van der Waals surface area contributed by atoms with Gasteiger partial charge in [-0.15, -0.1) is 0 Å². The fraction of sp³-hybridized carbons (Fsp3) is 0.0625. The number of nitro groups is 1. The summed E-state index contributed by atoms with van der Waals surface area (Å²) in [5, 5.41) is 26.8. The van der Waals surface area contributed by atoms with E-state index in [1.54, 1.807) is 24.3 Å². The lowest BCUT2D eigenvalue weighted by Crippen LogP contribution is -2.35. The highest BCUT2D eigenvalue weighted by molar-refractivity contribution is 9.10. The van der Waals surface area contributed by atoms with Crippen LogP contribution in [0.2, 0.25) is 0 Å². The Morgan fingerprint density at radius 3 is 2.59 bits per heavy atom. The smallest absolute Gasteiger partial charge is 0.271 e. The molecular weight excluding hydrogens is 488 g/mol. The van der Waals surface area contributed by atoms with E-state index in [0.717, 1.165) is 18.3 Å². The van der Waals surface area contributed by atoms with Crippen molar-refractivity contribution in [2.75, 3.05) is 6.54 Å². The van der Waals surface area contributed by atoms with E-state index >= 15 is 0 Å². The van der Waals surface area contributed by atoms with Crippen LogP contribution in [-0.2, 0) is 4.79 Å². The number of halogens is 2. The number of rotatable bonds is 6. The fourth-order valence-electron chi connectivity index (χ4n) is 1.92. The van der Waals surface area contributed by atoms with Crippen LogP contribution in [0.25, 0.3) is 0 Å². The van der Waals surface area contributed by atoms with Gasteiger partial charge in [-0.25, -0.2) is 5.43 Å². The average Bonchev–Trinajstić information content (AvgIpc) is 2.63. The van der Waals surface area contributed by atoms with E-state index in [1.165, 1.54) is 0 Å². The molecular formula is C16H12Br2N4O5. The van der Waals surface area contributed by atoms with Gasteiger partial charge in [-0.2, -0.15) is 5.10 Å². The van der Waals surface area contributed by atoms with Crippen molar-refractivity contribution in [1.29, 1.82) is 0 Å². The molecule has 11 heteroatoms. The fourth-order valence-corrected chi connectivity index (χ4v) is 2.85. The molecule has 3 N–H and O–H groups in total. The largest absolute Gasteiger partial charge is 0.506 e. The minimum atomic E-state index is -0.628. The highest BCUT2D eigenvalue weighted by Crippen LogP contribution is 2.31. The summed E-state index contributed by atoms with van der Waals surface area (Å²) in [5.74, 6) is -1.32. The number of nitro benzene ring substituents is 1. The third-order valence-corrected chi connectivity index (χ3v) is 4.51. The number of hydrogen-bond acceptors (Lipinski definition) is 6. The van der Waals surface area contributed by atoms with E-state index in [4.69, 9.17) is 0 Å².